The Labute approximate surface area is 137 Å². The molecule has 1 N–H and O–H groups in total. The van der Waals surface area contributed by atoms with Crippen LogP contribution < -0.4 is 5.32 Å². The van der Waals surface area contributed by atoms with E-state index in [-0.39, 0.29) is 5.60 Å². The van der Waals surface area contributed by atoms with Gasteiger partial charge in [-0.2, -0.15) is 0 Å². The summed E-state index contributed by atoms with van der Waals surface area (Å²) in [5.41, 5.74) is 1.56. The standard InChI is InChI=1S/C17H26ClNOS/c1-3-17(4-2)11-12(8-9-20-17)19-14-6-5-7-15-13(14)10-16(18)21-15/h10,12,14,19H,3-9,11H2,1-2H3. The summed E-state index contributed by atoms with van der Waals surface area (Å²) < 4.78 is 7.04. The van der Waals surface area contributed by atoms with Gasteiger partial charge in [-0.25, -0.2) is 0 Å². The van der Waals surface area contributed by atoms with E-state index in [0.717, 1.165) is 36.6 Å². The Hall–Kier alpha value is -0.0900. The van der Waals surface area contributed by atoms with Gasteiger partial charge < -0.3 is 10.1 Å². The second-order valence-corrected chi connectivity index (χ2v) is 8.24. The third-order valence-corrected chi connectivity index (χ3v) is 6.64. The van der Waals surface area contributed by atoms with E-state index in [4.69, 9.17) is 16.3 Å². The lowest BCUT2D eigenvalue weighted by atomic mass is 9.84. The monoisotopic (exact) mass is 327 g/mol. The highest BCUT2D eigenvalue weighted by Crippen LogP contribution is 2.39. The molecule has 2 unspecified atom stereocenters. The van der Waals surface area contributed by atoms with Crippen molar-refractivity contribution in [2.45, 2.75) is 76.5 Å². The normalized spacial score (nSPS) is 28.3. The van der Waals surface area contributed by atoms with Crippen LogP contribution in [0.25, 0.3) is 0 Å². The third-order valence-electron chi connectivity index (χ3n) is 5.30. The molecule has 0 radical (unpaired) electrons. The molecule has 1 fully saturated rings. The molecule has 1 saturated heterocycles. The number of halogens is 1. The van der Waals surface area contributed by atoms with Crippen LogP contribution in [0.3, 0.4) is 0 Å². The van der Waals surface area contributed by atoms with Gasteiger partial charge in [-0.3, -0.25) is 0 Å². The molecule has 1 aliphatic heterocycles. The van der Waals surface area contributed by atoms with Gasteiger partial charge in [-0.1, -0.05) is 25.4 Å². The molecule has 1 aromatic heterocycles. The molecule has 2 nitrogen and oxygen atoms in total. The molecule has 2 aliphatic rings. The van der Waals surface area contributed by atoms with Crippen molar-refractivity contribution in [3.8, 4) is 0 Å². The van der Waals surface area contributed by atoms with Crippen molar-refractivity contribution in [1.29, 1.82) is 0 Å². The van der Waals surface area contributed by atoms with Crippen LogP contribution in [0.5, 0.6) is 0 Å². The molecule has 118 valence electrons. The minimum atomic E-state index is 0.0969. The topological polar surface area (TPSA) is 21.3 Å². The zero-order valence-corrected chi connectivity index (χ0v) is 14.7. The second kappa shape index (κ2) is 6.57. The lowest BCUT2D eigenvalue weighted by Crippen LogP contribution is -2.47. The Kier molecular flexibility index (Phi) is 4.94. The molecule has 0 amide bonds. The van der Waals surface area contributed by atoms with Gasteiger partial charge in [0.05, 0.1) is 9.94 Å². The van der Waals surface area contributed by atoms with E-state index in [1.54, 1.807) is 11.3 Å². The lowest BCUT2D eigenvalue weighted by molar-refractivity contribution is -0.0943. The zero-order chi connectivity index (χ0) is 14.9. The quantitative estimate of drug-likeness (QED) is 0.830. The Morgan fingerprint density at radius 3 is 2.95 bits per heavy atom. The van der Waals surface area contributed by atoms with E-state index in [9.17, 15) is 0 Å². The Balaban J connectivity index is 1.69. The molecule has 0 spiro atoms. The Bertz CT molecular complexity index is 483. The molecule has 0 saturated carbocycles. The summed E-state index contributed by atoms with van der Waals surface area (Å²) in [6.45, 7) is 5.40. The molecule has 2 atom stereocenters. The number of thiophene rings is 1. The SMILES string of the molecule is CCC1(CC)CC(NC2CCCc3sc(Cl)cc32)CCO1. The lowest BCUT2D eigenvalue weighted by Gasteiger charge is -2.42. The maximum Gasteiger partial charge on any atom is 0.0934 e. The van der Waals surface area contributed by atoms with Crippen LogP contribution in [0.4, 0.5) is 0 Å². The largest absolute Gasteiger partial charge is 0.375 e. The zero-order valence-electron chi connectivity index (χ0n) is 13.1. The van der Waals surface area contributed by atoms with E-state index >= 15 is 0 Å². The molecule has 0 bridgehead atoms. The van der Waals surface area contributed by atoms with Crippen molar-refractivity contribution >= 4 is 22.9 Å². The van der Waals surface area contributed by atoms with Crippen molar-refractivity contribution in [3.05, 3.63) is 20.8 Å². The van der Waals surface area contributed by atoms with E-state index in [1.807, 2.05) is 0 Å². The van der Waals surface area contributed by atoms with Gasteiger partial charge in [0.25, 0.3) is 0 Å². The predicted octanol–water partition coefficient (Wildman–Crippen LogP) is 5.11. The van der Waals surface area contributed by atoms with Gasteiger partial charge in [0.1, 0.15) is 0 Å². The van der Waals surface area contributed by atoms with Crippen molar-refractivity contribution < 1.29 is 4.74 Å². The smallest absolute Gasteiger partial charge is 0.0934 e. The molecular formula is C17H26ClNOS. The fourth-order valence-corrected chi connectivity index (χ4v) is 5.28. The maximum atomic E-state index is 6.22. The van der Waals surface area contributed by atoms with E-state index in [2.05, 4.69) is 25.2 Å². The highest BCUT2D eigenvalue weighted by atomic mass is 35.5. The van der Waals surface area contributed by atoms with Gasteiger partial charge in [0, 0.05) is 23.6 Å². The molecule has 2 heterocycles. The molecular weight excluding hydrogens is 302 g/mol. The van der Waals surface area contributed by atoms with E-state index < -0.39 is 0 Å². The number of fused-ring (bicyclic) bond motifs is 1. The number of rotatable bonds is 4. The summed E-state index contributed by atoms with van der Waals surface area (Å²) in [6, 6.07) is 3.25. The highest BCUT2D eigenvalue weighted by Gasteiger charge is 2.36. The number of nitrogens with one attached hydrogen (secondary N) is 1. The van der Waals surface area contributed by atoms with Crippen molar-refractivity contribution in [1.82, 2.24) is 5.32 Å². The first-order valence-electron chi connectivity index (χ1n) is 8.34. The Morgan fingerprint density at radius 2 is 2.19 bits per heavy atom. The van der Waals surface area contributed by atoms with E-state index in [1.165, 1.54) is 29.7 Å². The van der Waals surface area contributed by atoms with E-state index in [0.29, 0.717) is 12.1 Å². The minimum absolute atomic E-state index is 0.0969. The van der Waals surface area contributed by atoms with Crippen LogP contribution in [0.2, 0.25) is 4.34 Å². The first-order chi connectivity index (χ1) is 10.2. The van der Waals surface area contributed by atoms with Gasteiger partial charge in [-0.15, -0.1) is 11.3 Å². The molecule has 4 heteroatoms. The maximum absolute atomic E-state index is 6.22. The molecule has 1 aliphatic carbocycles. The van der Waals surface area contributed by atoms with Crippen LogP contribution >= 0.6 is 22.9 Å². The van der Waals surface area contributed by atoms with Gasteiger partial charge in [0.15, 0.2) is 0 Å². The molecule has 1 aromatic rings. The first-order valence-corrected chi connectivity index (χ1v) is 9.53. The molecule has 0 aromatic carbocycles. The fraction of sp³-hybridized carbons (Fsp3) is 0.765. The van der Waals surface area contributed by atoms with Crippen LogP contribution in [0.15, 0.2) is 6.07 Å². The minimum Gasteiger partial charge on any atom is -0.375 e. The first kappa shape index (κ1) is 15.8. The van der Waals surface area contributed by atoms with Crippen LogP contribution in [-0.4, -0.2) is 18.2 Å². The second-order valence-electron chi connectivity index (χ2n) is 6.47. The summed E-state index contributed by atoms with van der Waals surface area (Å²) in [7, 11) is 0. The predicted molar refractivity (Wildman–Crippen MR) is 90.4 cm³/mol. The molecule has 3 rings (SSSR count). The highest BCUT2D eigenvalue weighted by molar-refractivity contribution is 7.16. The fourth-order valence-electron chi connectivity index (χ4n) is 3.89. The Morgan fingerprint density at radius 1 is 1.38 bits per heavy atom. The third kappa shape index (κ3) is 3.31. The summed E-state index contributed by atoms with van der Waals surface area (Å²) in [4.78, 5) is 1.49. The van der Waals surface area contributed by atoms with Crippen molar-refractivity contribution in [3.63, 3.8) is 0 Å². The average molecular weight is 328 g/mol. The van der Waals surface area contributed by atoms with Gasteiger partial charge in [0.2, 0.25) is 0 Å². The van der Waals surface area contributed by atoms with Crippen molar-refractivity contribution in [2.75, 3.05) is 6.61 Å². The van der Waals surface area contributed by atoms with Crippen LogP contribution in [0.1, 0.15) is 68.9 Å². The average Bonchev–Trinajstić information content (AvgIpc) is 2.89. The van der Waals surface area contributed by atoms with Crippen molar-refractivity contribution in [2.24, 2.45) is 0 Å². The number of ether oxygens (including phenoxy) is 1. The summed E-state index contributed by atoms with van der Waals surface area (Å²) in [5.74, 6) is 0. The number of aryl methyl sites for hydroxylation is 1. The number of hydrogen-bond acceptors (Lipinski definition) is 3. The summed E-state index contributed by atoms with van der Waals surface area (Å²) in [5, 5.41) is 3.92. The summed E-state index contributed by atoms with van der Waals surface area (Å²) in [6.07, 6.45) is 8.21. The van der Waals surface area contributed by atoms with Gasteiger partial charge in [-0.05, 0) is 56.6 Å². The number of hydrogen-bond donors (Lipinski definition) is 1. The van der Waals surface area contributed by atoms with Gasteiger partial charge >= 0.3 is 0 Å². The van der Waals surface area contributed by atoms with Crippen LogP contribution in [0, 0.1) is 0 Å². The summed E-state index contributed by atoms with van der Waals surface area (Å²) >= 11 is 7.99. The van der Waals surface area contributed by atoms with Crippen LogP contribution in [-0.2, 0) is 11.2 Å². The molecule has 21 heavy (non-hydrogen) atoms.